The number of Topliss-reactive ketones (excluding diaryl/α,β-unsaturated/α-hetero) is 1. The second-order valence-corrected chi connectivity index (χ2v) is 4.00. The maximum atomic E-state index is 11.8. The Morgan fingerprint density at radius 1 is 1.00 bits per heavy atom. The molecule has 2 N–H and O–H groups in total. The number of hydrogen-bond donors (Lipinski definition) is 1. The van der Waals surface area contributed by atoms with Gasteiger partial charge in [0, 0.05) is 22.2 Å². The molecule has 0 aromatic heterocycles. The Labute approximate surface area is 97.5 Å². The third-order valence-corrected chi connectivity index (χ3v) is 3.00. The molecule has 0 radical (unpaired) electrons. The molecule has 3 rings (SSSR count). The lowest BCUT2D eigenvalue weighted by Gasteiger charge is -2.13. The largest absolute Gasteiger partial charge is 0.398 e. The minimum absolute atomic E-state index is 0.397. The summed E-state index contributed by atoms with van der Waals surface area (Å²) in [5.41, 5.74) is 7.63. The standard InChI is InChI=1S/C14H9NO2/c15-13-9-4-2-1-3-8(9)7-11-10(13)5-6-12(16)14(11)17/h1-7H,15H2. The van der Waals surface area contributed by atoms with E-state index in [2.05, 4.69) is 0 Å². The van der Waals surface area contributed by atoms with Crippen molar-refractivity contribution in [1.29, 1.82) is 0 Å². The summed E-state index contributed by atoms with van der Waals surface area (Å²) in [5, 5.41) is 1.78. The van der Waals surface area contributed by atoms with Gasteiger partial charge in [-0.05, 0) is 23.6 Å². The molecule has 0 fully saturated rings. The zero-order valence-corrected chi connectivity index (χ0v) is 8.94. The number of carbonyl (C=O) groups excluding carboxylic acids is 2. The summed E-state index contributed by atoms with van der Waals surface area (Å²) in [5.74, 6) is -0.980. The van der Waals surface area contributed by atoms with E-state index in [0.29, 0.717) is 16.8 Å². The van der Waals surface area contributed by atoms with E-state index in [-0.39, 0.29) is 0 Å². The maximum absolute atomic E-state index is 11.8. The Kier molecular flexibility index (Phi) is 1.89. The van der Waals surface area contributed by atoms with Crippen LogP contribution in [0.25, 0.3) is 16.8 Å². The molecule has 0 saturated carbocycles. The van der Waals surface area contributed by atoms with Gasteiger partial charge in [-0.25, -0.2) is 0 Å². The van der Waals surface area contributed by atoms with E-state index >= 15 is 0 Å². The van der Waals surface area contributed by atoms with E-state index in [1.165, 1.54) is 6.08 Å². The SMILES string of the molecule is Nc1c2c(cc3ccccc13)C(=O)C(=O)C=C2. The van der Waals surface area contributed by atoms with Crippen molar-refractivity contribution >= 4 is 34.1 Å². The van der Waals surface area contributed by atoms with Crippen LogP contribution in [0.15, 0.2) is 36.4 Å². The first-order valence-electron chi connectivity index (χ1n) is 5.26. The van der Waals surface area contributed by atoms with Gasteiger partial charge < -0.3 is 5.73 Å². The first kappa shape index (κ1) is 9.78. The fourth-order valence-corrected chi connectivity index (χ4v) is 2.13. The second-order valence-electron chi connectivity index (χ2n) is 4.00. The molecule has 0 atom stereocenters. The zero-order valence-electron chi connectivity index (χ0n) is 8.94. The number of carbonyl (C=O) groups is 2. The third-order valence-electron chi connectivity index (χ3n) is 3.00. The number of fused-ring (bicyclic) bond motifs is 2. The number of anilines is 1. The molecule has 0 saturated heterocycles. The highest BCUT2D eigenvalue weighted by atomic mass is 16.2. The van der Waals surface area contributed by atoms with Gasteiger partial charge >= 0.3 is 0 Å². The average molecular weight is 223 g/mol. The van der Waals surface area contributed by atoms with E-state index < -0.39 is 11.6 Å². The van der Waals surface area contributed by atoms with E-state index in [0.717, 1.165) is 10.8 Å². The average Bonchev–Trinajstić information content (AvgIpc) is 2.35. The number of benzene rings is 2. The Morgan fingerprint density at radius 3 is 2.59 bits per heavy atom. The molecule has 2 aromatic rings. The first-order chi connectivity index (χ1) is 8.18. The highest BCUT2D eigenvalue weighted by Gasteiger charge is 2.23. The molecule has 3 heteroatoms. The van der Waals surface area contributed by atoms with Crippen molar-refractivity contribution in [1.82, 2.24) is 0 Å². The predicted molar refractivity (Wildman–Crippen MR) is 66.7 cm³/mol. The van der Waals surface area contributed by atoms with Gasteiger partial charge in [0.15, 0.2) is 0 Å². The van der Waals surface area contributed by atoms with Crippen LogP contribution in [0.4, 0.5) is 5.69 Å². The lowest BCUT2D eigenvalue weighted by molar-refractivity contribution is -0.110. The summed E-state index contributed by atoms with van der Waals surface area (Å²) >= 11 is 0. The first-order valence-corrected chi connectivity index (χ1v) is 5.26. The van der Waals surface area contributed by atoms with Crippen molar-refractivity contribution < 1.29 is 9.59 Å². The van der Waals surface area contributed by atoms with Crippen LogP contribution in [0.3, 0.4) is 0 Å². The normalized spacial score (nSPS) is 14.1. The molecule has 0 unspecified atom stereocenters. The quantitative estimate of drug-likeness (QED) is 0.550. The van der Waals surface area contributed by atoms with Gasteiger partial charge in [0.1, 0.15) is 0 Å². The van der Waals surface area contributed by atoms with E-state index in [1.54, 1.807) is 12.1 Å². The number of ketones is 2. The minimum Gasteiger partial charge on any atom is -0.398 e. The zero-order chi connectivity index (χ0) is 12.0. The summed E-state index contributed by atoms with van der Waals surface area (Å²) in [4.78, 5) is 23.1. The Balaban J connectivity index is 2.45. The van der Waals surface area contributed by atoms with Crippen molar-refractivity contribution in [3.8, 4) is 0 Å². The molecule has 0 bridgehead atoms. The minimum atomic E-state index is -0.493. The van der Waals surface area contributed by atoms with Gasteiger partial charge in [0.25, 0.3) is 0 Å². The highest BCUT2D eigenvalue weighted by molar-refractivity contribution is 6.50. The molecule has 0 aliphatic heterocycles. The summed E-state index contributed by atoms with van der Waals surface area (Å²) < 4.78 is 0. The van der Waals surface area contributed by atoms with Crippen LogP contribution in [0.2, 0.25) is 0 Å². The van der Waals surface area contributed by atoms with E-state index in [1.807, 2.05) is 24.3 Å². The summed E-state index contributed by atoms with van der Waals surface area (Å²) in [6.07, 6.45) is 2.89. The number of hydrogen-bond acceptors (Lipinski definition) is 3. The molecular formula is C14H9NO2. The highest BCUT2D eigenvalue weighted by Crippen LogP contribution is 2.31. The summed E-state index contributed by atoms with van der Waals surface area (Å²) in [6, 6.07) is 9.27. The molecule has 0 spiro atoms. The molecular weight excluding hydrogens is 214 g/mol. The Hall–Kier alpha value is -2.42. The molecule has 3 nitrogen and oxygen atoms in total. The van der Waals surface area contributed by atoms with Crippen LogP contribution in [0, 0.1) is 0 Å². The topological polar surface area (TPSA) is 60.2 Å². The van der Waals surface area contributed by atoms with Gasteiger partial charge in [-0.1, -0.05) is 24.3 Å². The molecule has 0 heterocycles. The number of rotatable bonds is 0. The molecule has 1 aliphatic carbocycles. The van der Waals surface area contributed by atoms with Crippen LogP contribution in [-0.2, 0) is 4.79 Å². The lowest BCUT2D eigenvalue weighted by atomic mass is 9.90. The predicted octanol–water partition coefficient (Wildman–Crippen LogP) is 2.20. The number of nitrogens with two attached hydrogens (primary N) is 1. The molecule has 2 aromatic carbocycles. The Morgan fingerprint density at radius 2 is 1.76 bits per heavy atom. The van der Waals surface area contributed by atoms with E-state index in [4.69, 9.17) is 5.73 Å². The van der Waals surface area contributed by atoms with Crippen LogP contribution in [0.5, 0.6) is 0 Å². The smallest absolute Gasteiger partial charge is 0.233 e. The Bertz CT molecular complexity index is 699. The number of allylic oxidation sites excluding steroid dienone is 1. The monoisotopic (exact) mass is 223 g/mol. The van der Waals surface area contributed by atoms with Crippen molar-refractivity contribution in [2.45, 2.75) is 0 Å². The van der Waals surface area contributed by atoms with Gasteiger partial charge in [0.2, 0.25) is 11.6 Å². The van der Waals surface area contributed by atoms with Gasteiger partial charge in [0.05, 0.1) is 0 Å². The van der Waals surface area contributed by atoms with Crippen LogP contribution in [0.1, 0.15) is 15.9 Å². The molecule has 1 aliphatic rings. The molecule has 0 amide bonds. The molecule has 82 valence electrons. The van der Waals surface area contributed by atoms with E-state index in [9.17, 15) is 9.59 Å². The fourth-order valence-electron chi connectivity index (χ4n) is 2.13. The van der Waals surface area contributed by atoms with Crippen molar-refractivity contribution in [3.05, 3.63) is 47.5 Å². The van der Waals surface area contributed by atoms with Crippen LogP contribution >= 0.6 is 0 Å². The van der Waals surface area contributed by atoms with Crippen LogP contribution in [-0.4, -0.2) is 11.6 Å². The lowest BCUT2D eigenvalue weighted by Crippen LogP contribution is -2.17. The van der Waals surface area contributed by atoms with Gasteiger partial charge in [-0.15, -0.1) is 0 Å². The van der Waals surface area contributed by atoms with Crippen molar-refractivity contribution in [2.75, 3.05) is 5.73 Å². The third kappa shape index (κ3) is 1.29. The number of nitrogen functional groups attached to an aromatic ring is 1. The van der Waals surface area contributed by atoms with Crippen molar-refractivity contribution in [2.24, 2.45) is 0 Å². The maximum Gasteiger partial charge on any atom is 0.233 e. The summed E-state index contributed by atoms with van der Waals surface area (Å²) in [6.45, 7) is 0. The van der Waals surface area contributed by atoms with Crippen molar-refractivity contribution in [3.63, 3.8) is 0 Å². The molecule has 17 heavy (non-hydrogen) atoms. The second kappa shape index (κ2) is 3.28. The summed E-state index contributed by atoms with van der Waals surface area (Å²) in [7, 11) is 0. The van der Waals surface area contributed by atoms with Crippen LogP contribution < -0.4 is 5.73 Å². The van der Waals surface area contributed by atoms with Gasteiger partial charge in [-0.2, -0.15) is 0 Å². The fraction of sp³-hybridized carbons (Fsp3) is 0. The van der Waals surface area contributed by atoms with Gasteiger partial charge in [-0.3, -0.25) is 9.59 Å².